The minimum atomic E-state index is -0.419. The summed E-state index contributed by atoms with van der Waals surface area (Å²) in [5.74, 6) is 1.13. The number of likely N-dealkylation sites (N-methyl/N-ethyl adjacent to an activating group) is 1. The van der Waals surface area contributed by atoms with Crippen LogP contribution in [0.5, 0.6) is 0 Å². The van der Waals surface area contributed by atoms with Crippen molar-refractivity contribution in [3.63, 3.8) is 0 Å². The molecule has 2 aliphatic rings. The van der Waals surface area contributed by atoms with Crippen LogP contribution in [0.1, 0.15) is 60.7 Å². The summed E-state index contributed by atoms with van der Waals surface area (Å²) in [6.45, 7) is 0. The van der Waals surface area contributed by atoms with Gasteiger partial charge in [0.25, 0.3) is 5.91 Å². The normalized spacial score (nSPS) is 27.3. The topological polar surface area (TPSA) is 66.6 Å². The molecule has 5 heteroatoms. The second-order valence-electron chi connectivity index (χ2n) is 5.72. The number of hydrogen-bond acceptors (Lipinski definition) is 4. The Morgan fingerprint density at radius 3 is 2.79 bits per heavy atom. The molecule has 0 bridgehead atoms. The molecule has 2 unspecified atom stereocenters. The van der Waals surface area contributed by atoms with Crippen LogP contribution < -0.4 is 0 Å². The van der Waals surface area contributed by atoms with E-state index in [9.17, 15) is 9.90 Å². The van der Waals surface area contributed by atoms with Gasteiger partial charge in [-0.2, -0.15) is 0 Å². The lowest BCUT2D eigenvalue weighted by Crippen LogP contribution is -2.46. The number of aromatic nitrogens is 1. The van der Waals surface area contributed by atoms with Gasteiger partial charge >= 0.3 is 0 Å². The van der Waals surface area contributed by atoms with Gasteiger partial charge in [-0.25, -0.2) is 0 Å². The summed E-state index contributed by atoms with van der Waals surface area (Å²) in [5.41, 5.74) is 0.363. The van der Waals surface area contributed by atoms with Gasteiger partial charge in [0.15, 0.2) is 5.69 Å². The molecule has 1 aromatic heterocycles. The molecule has 19 heavy (non-hydrogen) atoms. The lowest BCUT2D eigenvalue weighted by Gasteiger charge is -2.34. The Morgan fingerprint density at radius 2 is 2.11 bits per heavy atom. The highest BCUT2D eigenvalue weighted by Crippen LogP contribution is 2.40. The summed E-state index contributed by atoms with van der Waals surface area (Å²) < 4.78 is 5.21. The van der Waals surface area contributed by atoms with E-state index < -0.39 is 6.10 Å². The van der Waals surface area contributed by atoms with Gasteiger partial charge in [-0.3, -0.25) is 4.79 Å². The molecule has 0 radical (unpaired) electrons. The van der Waals surface area contributed by atoms with Crippen molar-refractivity contribution in [2.45, 2.75) is 56.6 Å². The highest BCUT2D eigenvalue weighted by atomic mass is 16.5. The molecule has 1 aromatic rings. The highest BCUT2D eigenvalue weighted by molar-refractivity contribution is 5.92. The number of carbonyl (C=O) groups is 1. The molecule has 2 atom stereocenters. The van der Waals surface area contributed by atoms with Crippen molar-refractivity contribution in [3.05, 3.63) is 17.5 Å². The van der Waals surface area contributed by atoms with Gasteiger partial charge in [-0.1, -0.05) is 18.0 Å². The standard InChI is InChI=1S/C14H20N2O3/c1-16(11-4-2-3-5-12(11)17)14(18)10-8-13(19-15-10)9-6-7-9/h8-9,11-12,17H,2-7H2,1H3. The van der Waals surface area contributed by atoms with Gasteiger partial charge in [-0.15, -0.1) is 0 Å². The fourth-order valence-corrected chi connectivity index (χ4v) is 2.83. The second kappa shape index (κ2) is 4.96. The predicted octanol–water partition coefficient (Wildman–Crippen LogP) is 1.93. The van der Waals surface area contributed by atoms with Crippen LogP contribution in [-0.2, 0) is 0 Å². The predicted molar refractivity (Wildman–Crippen MR) is 68.8 cm³/mol. The fourth-order valence-electron chi connectivity index (χ4n) is 2.83. The van der Waals surface area contributed by atoms with Crippen molar-refractivity contribution in [2.75, 3.05) is 7.05 Å². The zero-order chi connectivity index (χ0) is 13.4. The van der Waals surface area contributed by atoms with Crippen LogP contribution >= 0.6 is 0 Å². The van der Waals surface area contributed by atoms with Crippen LogP contribution in [0.3, 0.4) is 0 Å². The van der Waals surface area contributed by atoms with E-state index in [1.165, 1.54) is 0 Å². The van der Waals surface area contributed by atoms with Crippen LogP contribution in [-0.4, -0.2) is 40.3 Å². The van der Waals surface area contributed by atoms with Gasteiger partial charge in [0.2, 0.25) is 0 Å². The third kappa shape index (κ3) is 2.52. The number of carbonyl (C=O) groups excluding carboxylic acids is 1. The minimum absolute atomic E-state index is 0.0951. The fraction of sp³-hybridized carbons (Fsp3) is 0.714. The van der Waals surface area contributed by atoms with Crippen molar-refractivity contribution in [1.29, 1.82) is 0 Å². The molecule has 0 saturated heterocycles. The van der Waals surface area contributed by atoms with Gasteiger partial charge in [0, 0.05) is 19.0 Å². The third-order valence-corrected chi connectivity index (χ3v) is 4.24. The van der Waals surface area contributed by atoms with Crippen LogP contribution in [0.4, 0.5) is 0 Å². The molecule has 1 heterocycles. The lowest BCUT2D eigenvalue weighted by atomic mass is 9.91. The van der Waals surface area contributed by atoms with E-state index in [1.54, 1.807) is 18.0 Å². The highest BCUT2D eigenvalue weighted by Gasteiger charge is 2.33. The maximum absolute atomic E-state index is 12.3. The number of rotatable bonds is 3. The van der Waals surface area contributed by atoms with Crippen molar-refractivity contribution in [3.8, 4) is 0 Å². The number of aliphatic hydroxyl groups excluding tert-OH is 1. The molecule has 0 aliphatic heterocycles. The Bertz CT molecular complexity index is 467. The average Bonchev–Trinajstić information content (AvgIpc) is 3.16. The molecule has 2 aliphatic carbocycles. The Morgan fingerprint density at radius 1 is 1.37 bits per heavy atom. The van der Waals surface area contributed by atoms with Crippen LogP contribution in [0.2, 0.25) is 0 Å². The minimum Gasteiger partial charge on any atom is -0.391 e. The van der Waals surface area contributed by atoms with Crippen molar-refractivity contribution in [2.24, 2.45) is 0 Å². The number of hydrogen-bond donors (Lipinski definition) is 1. The lowest BCUT2D eigenvalue weighted by molar-refractivity contribution is 0.0262. The van der Waals surface area contributed by atoms with Crippen molar-refractivity contribution < 1.29 is 14.4 Å². The molecule has 5 nitrogen and oxygen atoms in total. The number of aliphatic hydroxyl groups is 1. The summed E-state index contributed by atoms with van der Waals surface area (Å²) in [6, 6.07) is 1.66. The number of nitrogens with zero attached hydrogens (tertiary/aromatic N) is 2. The Labute approximate surface area is 112 Å². The first kappa shape index (κ1) is 12.7. The van der Waals surface area contributed by atoms with Crippen molar-refractivity contribution in [1.82, 2.24) is 10.1 Å². The Kier molecular flexibility index (Phi) is 3.31. The molecule has 0 spiro atoms. The molecule has 3 rings (SSSR count). The van der Waals surface area contributed by atoms with E-state index in [4.69, 9.17) is 4.52 Å². The van der Waals surface area contributed by atoms with Gasteiger partial charge in [0.1, 0.15) is 5.76 Å². The summed E-state index contributed by atoms with van der Waals surface area (Å²) in [6.07, 6.45) is 5.56. The maximum atomic E-state index is 12.3. The van der Waals surface area contributed by atoms with Crippen molar-refractivity contribution >= 4 is 5.91 Å². The van der Waals surface area contributed by atoms with Gasteiger partial charge in [0.05, 0.1) is 12.1 Å². The quantitative estimate of drug-likeness (QED) is 0.905. The Hall–Kier alpha value is -1.36. The first-order valence-corrected chi connectivity index (χ1v) is 7.08. The van der Waals surface area contributed by atoms with E-state index >= 15 is 0 Å². The SMILES string of the molecule is CN(C(=O)c1cc(C2CC2)on1)C1CCCCC1O. The molecule has 1 N–H and O–H groups in total. The van der Waals surface area contributed by atoms with Crippen LogP contribution in [0.25, 0.3) is 0 Å². The first-order chi connectivity index (χ1) is 9.16. The smallest absolute Gasteiger partial charge is 0.276 e. The summed E-state index contributed by atoms with van der Waals surface area (Å²) in [7, 11) is 1.74. The van der Waals surface area contributed by atoms with Crippen LogP contribution in [0.15, 0.2) is 10.6 Å². The molecular formula is C14H20N2O3. The Balaban J connectivity index is 1.70. The maximum Gasteiger partial charge on any atom is 0.276 e. The zero-order valence-corrected chi connectivity index (χ0v) is 11.2. The van der Waals surface area contributed by atoms with E-state index in [2.05, 4.69) is 5.16 Å². The first-order valence-electron chi connectivity index (χ1n) is 7.08. The van der Waals surface area contributed by atoms with Gasteiger partial charge < -0.3 is 14.5 Å². The van der Waals surface area contributed by atoms with Gasteiger partial charge in [-0.05, 0) is 25.7 Å². The monoisotopic (exact) mass is 264 g/mol. The van der Waals surface area contributed by atoms with E-state index in [-0.39, 0.29) is 11.9 Å². The third-order valence-electron chi connectivity index (χ3n) is 4.24. The summed E-state index contributed by atoms with van der Waals surface area (Å²) >= 11 is 0. The summed E-state index contributed by atoms with van der Waals surface area (Å²) in [5, 5.41) is 13.9. The average molecular weight is 264 g/mol. The van der Waals surface area contributed by atoms with Crippen LogP contribution in [0, 0.1) is 0 Å². The molecule has 2 saturated carbocycles. The van der Waals surface area contributed by atoms with E-state index in [0.717, 1.165) is 44.3 Å². The molecule has 1 amide bonds. The molecule has 0 aromatic carbocycles. The molecule has 104 valence electrons. The number of amides is 1. The van der Waals surface area contributed by atoms with E-state index in [1.807, 2.05) is 0 Å². The molecule has 2 fully saturated rings. The summed E-state index contributed by atoms with van der Waals surface area (Å²) in [4.78, 5) is 14.0. The zero-order valence-electron chi connectivity index (χ0n) is 11.2. The second-order valence-corrected chi connectivity index (χ2v) is 5.72. The largest absolute Gasteiger partial charge is 0.391 e. The van der Waals surface area contributed by atoms with E-state index in [0.29, 0.717) is 11.6 Å². The molecular weight excluding hydrogens is 244 g/mol.